The number of unbranched alkanes of at least 4 members (excludes halogenated alkanes) is 1. The van der Waals surface area contributed by atoms with Crippen LogP contribution >= 0.6 is 0 Å². The molecule has 0 fully saturated rings. The second-order valence-electron chi connectivity index (χ2n) is 7.47. The van der Waals surface area contributed by atoms with Crippen LogP contribution in [0.5, 0.6) is 0 Å². The van der Waals surface area contributed by atoms with Crippen molar-refractivity contribution in [3.63, 3.8) is 0 Å². The van der Waals surface area contributed by atoms with Crippen molar-refractivity contribution in [3.8, 4) is 11.8 Å². The van der Waals surface area contributed by atoms with E-state index in [0.717, 1.165) is 23.1 Å². The van der Waals surface area contributed by atoms with Gasteiger partial charge in [0.2, 0.25) is 0 Å². The Hall–Kier alpha value is -2.07. The summed E-state index contributed by atoms with van der Waals surface area (Å²) in [5.74, 6) is 5.97. The second kappa shape index (κ2) is 7.67. The average Bonchev–Trinajstić information content (AvgIpc) is 2.51. The van der Waals surface area contributed by atoms with Gasteiger partial charge >= 0.3 is 0 Å². The molecule has 0 nitrogen and oxygen atoms in total. The van der Waals surface area contributed by atoms with E-state index in [1.807, 2.05) is 25.1 Å². The molecule has 0 radical (unpaired) electrons. The molecule has 126 valence electrons. The maximum Gasteiger partial charge on any atom is 0.139 e. The molecule has 0 aliphatic carbocycles. The number of benzene rings is 2. The molecular weight excluding hydrogens is 295 g/mol. The molecule has 0 atom stereocenters. The summed E-state index contributed by atoms with van der Waals surface area (Å²) < 4.78 is 14.4. The van der Waals surface area contributed by atoms with E-state index in [1.54, 1.807) is 6.07 Å². The minimum absolute atomic E-state index is 0.138. The highest BCUT2D eigenvalue weighted by molar-refractivity contribution is 5.51. The molecule has 0 amide bonds. The van der Waals surface area contributed by atoms with Crippen LogP contribution in [0.2, 0.25) is 0 Å². The monoisotopic (exact) mass is 322 g/mol. The van der Waals surface area contributed by atoms with Gasteiger partial charge in [-0.15, -0.1) is 0 Å². The molecule has 0 unspecified atom stereocenters. The number of halogens is 1. The van der Waals surface area contributed by atoms with Crippen molar-refractivity contribution in [2.75, 3.05) is 0 Å². The largest absolute Gasteiger partial charge is 0.206 e. The van der Waals surface area contributed by atoms with E-state index < -0.39 is 0 Å². The summed E-state index contributed by atoms with van der Waals surface area (Å²) in [5, 5.41) is 0. The van der Waals surface area contributed by atoms with Gasteiger partial charge in [-0.05, 0) is 60.1 Å². The fourth-order valence-electron chi connectivity index (χ4n) is 2.73. The van der Waals surface area contributed by atoms with E-state index in [-0.39, 0.29) is 11.2 Å². The Bertz CT molecular complexity index is 750. The molecule has 0 saturated carbocycles. The molecule has 0 aliphatic rings. The summed E-state index contributed by atoms with van der Waals surface area (Å²) in [6.45, 7) is 10.4. The molecule has 0 spiro atoms. The van der Waals surface area contributed by atoms with E-state index in [9.17, 15) is 4.39 Å². The highest BCUT2D eigenvalue weighted by Crippen LogP contribution is 2.28. The molecule has 2 rings (SSSR count). The topological polar surface area (TPSA) is 0 Å². The van der Waals surface area contributed by atoms with Gasteiger partial charge in [0.05, 0.1) is 5.56 Å². The Balaban J connectivity index is 2.34. The minimum atomic E-state index is -0.230. The lowest BCUT2D eigenvalue weighted by Gasteiger charge is -2.22. The van der Waals surface area contributed by atoms with E-state index >= 15 is 0 Å². The van der Waals surface area contributed by atoms with Gasteiger partial charge < -0.3 is 0 Å². The van der Waals surface area contributed by atoms with Crippen LogP contribution in [0, 0.1) is 24.6 Å². The van der Waals surface area contributed by atoms with Gasteiger partial charge in [-0.2, -0.15) is 0 Å². The van der Waals surface area contributed by atoms with E-state index in [1.165, 1.54) is 18.4 Å². The Morgan fingerprint density at radius 2 is 1.67 bits per heavy atom. The van der Waals surface area contributed by atoms with Crippen molar-refractivity contribution < 1.29 is 4.39 Å². The summed E-state index contributed by atoms with van der Waals surface area (Å²) in [7, 11) is 0. The van der Waals surface area contributed by atoms with Gasteiger partial charge in [-0.1, -0.05) is 64.2 Å². The van der Waals surface area contributed by atoms with Crippen LogP contribution in [-0.2, 0) is 11.8 Å². The van der Waals surface area contributed by atoms with Gasteiger partial charge in [-0.3, -0.25) is 0 Å². The summed E-state index contributed by atoms with van der Waals surface area (Å²) in [4.78, 5) is 0. The molecule has 0 heterocycles. The molecule has 2 aromatic carbocycles. The standard InChI is InChI=1S/C23H27F/c1-6-7-8-18-9-11-19(12-10-18)13-14-20-21(23(3,4)5)15-17(2)16-22(20)24/h9-12,15-16H,6-8H2,1-5H3. The zero-order valence-corrected chi connectivity index (χ0v) is 15.5. The van der Waals surface area contributed by atoms with Gasteiger partial charge in [0.25, 0.3) is 0 Å². The van der Waals surface area contributed by atoms with Crippen molar-refractivity contribution in [1.82, 2.24) is 0 Å². The van der Waals surface area contributed by atoms with Crippen LogP contribution in [0.15, 0.2) is 36.4 Å². The first-order valence-corrected chi connectivity index (χ1v) is 8.73. The lowest BCUT2D eigenvalue weighted by atomic mass is 9.82. The predicted molar refractivity (Wildman–Crippen MR) is 101 cm³/mol. The van der Waals surface area contributed by atoms with Crippen LogP contribution in [0.1, 0.15) is 68.4 Å². The van der Waals surface area contributed by atoms with Crippen LogP contribution in [-0.4, -0.2) is 0 Å². The smallest absolute Gasteiger partial charge is 0.139 e. The summed E-state index contributed by atoms with van der Waals surface area (Å²) in [5.41, 5.74) is 4.54. The zero-order chi connectivity index (χ0) is 17.7. The van der Waals surface area contributed by atoms with Crippen LogP contribution in [0.3, 0.4) is 0 Å². The quantitative estimate of drug-likeness (QED) is 0.592. The van der Waals surface area contributed by atoms with Gasteiger partial charge in [0.15, 0.2) is 0 Å². The van der Waals surface area contributed by atoms with Crippen LogP contribution in [0.25, 0.3) is 0 Å². The SMILES string of the molecule is CCCCc1ccc(C#Cc2c(F)cc(C)cc2C(C)(C)C)cc1. The Morgan fingerprint density at radius 1 is 1.00 bits per heavy atom. The Kier molecular flexibility index (Phi) is 5.84. The molecule has 0 aromatic heterocycles. The molecule has 2 aromatic rings. The number of hydrogen-bond acceptors (Lipinski definition) is 0. The Labute approximate surface area is 146 Å². The fraction of sp³-hybridized carbons (Fsp3) is 0.391. The lowest BCUT2D eigenvalue weighted by molar-refractivity contribution is 0.567. The van der Waals surface area contributed by atoms with Gasteiger partial charge in [0.1, 0.15) is 5.82 Å². The molecule has 0 N–H and O–H groups in total. The van der Waals surface area contributed by atoms with Crippen molar-refractivity contribution in [2.45, 2.75) is 59.3 Å². The average molecular weight is 322 g/mol. The molecular formula is C23H27F. The highest BCUT2D eigenvalue weighted by atomic mass is 19.1. The second-order valence-corrected chi connectivity index (χ2v) is 7.47. The lowest BCUT2D eigenvalue weighted by Crippen LogP contribution is -2.14. The third-order valence-electron chi connectivity index (χ3n) is 4.15. The third-order valence-corrected chi connectivity index (χ3v) is 4.15. The fourth-order valence-corrected chi connectivity index (χ4v) is 2.73. The highest BCUT2D eigenvalue weighted by Gasteiger charge is 2.20. The molecule has 0 aliphatic heterocycles. The maximum atomic E-state index is 14.4. The number of rotatable bonds is 3. The first-order valence-electron chi connectivity index (χ1n) is 8.73. The van der Waals surface area contributed by atoms with Gasteiger partial charge in [-0.25, -0.2) is 4.39 Å². The number of hydrogen-bond donors (Lipinski definition) is 0. The van der Waals surface area contributed by atoms with Crippen molar-refractivity contribution in [1.29, 1.82) is 0 Å². The number of aryl methyl sites for hydroxylation is 2. The molecule has 0 bridgehead atoms. The van der Waals surface area contributed by atoms with Crippen LogP contribution in [0.4, 0.5) is 4.39 Å². The minimum Gasteiger partial charge on any atom is -0.206 e. The molecule has 1 heteroatoms. The summed E-state index contributed by atoms with van der Waals surface area (Å²) in [6, 6.07) is 11.9. The summed E-state index contributed by atoms with van der Waals surface area (Å²) >= 11 is 0. The molecule has 24 heavy (non-hydrogen) atoms. The van der Waals surface area contributed by atoms with E-state index in [0.29, 0.717) is 5.56 Å². The predicted octanol–water partition coefficient (Wildman–Crippen LogP) is 6.17. The summed E-state index contributed by atoms with van der Waals surface area (Å²) in [6.07, 6.45) is 3.50. The third kappa shape index (κ3) is 4.71. The maximum absolute atomic E-state index is 14.4. The zero-order valence-electron chi connectivity index (χ0n) is 15.5. The normalized spacial score (nSPS) is 11.1. The molecule has 0 saturated heterocycles. The van der Waals surface area contributed by atoms with E-state index in [2.05, 4.69) is 51.7 Å². The van der Waals surface area contributed by atoms with Crippen LogP contribution < -0.4 is 0 Å². The first kappa shape index (κ1) is 18.3. The van der Waals surface area contributed by atoms with Gasteiger partial charge in [0, 0.05) is 5.56 Å². The van der Waals surface area contributed by atoms with Crippen molar-refractivity contribution >= 4 is 0 Å². The first-order chi connectivity index (χ1) is 11.3. The van der Waals surface area contributed by atoms with Crippen molar-refractivity contribution in [2.24, 2.45) is 0 Å². The van der Waals surface area contributed by atoms with Crippen molar-refractivity contribution in [3.05, 3.63) is 70.0 Å². The Morgan fingerprint density at radius 3 is 2.25 bits per heavy atom. The van der Waals surface area contributed by atoms with E-state index in [4.69, 9.17) is 0 Å².